The second kappa shape index (κ2) is 6.59. The van der Waals surface area contributed by atoms with E-state index in [1.165, 1.54) is 38.9 Å². The Morgan fingerprint density at radius 3 is 2.85 bits per heavy atom. The van der Waals surface area contributed by atoms with Crippen molar-refractivity contribution in [1.82, 2.24) is 9.80 Å². The Morgan fingerprint density at radius 1 is 1.15 bits per heavy atom. The number of hydrogen-bond donors (Lipinski definition) is 0. The average molecular weight is 274 g/mol. The summed E-state index contributed by atoms with van der Waals surface area (Å²) in [4.78, 5) is 5.30. The quantitative estimate of drug-likeness (QED) is 0.839. The summed E-state index contributed by atoms with van der Waals surface area (Å²) >= 11 is 0. The van der Waals surface area contributed by atoms with Gasteiger partial charge < -0.3 is 4.74 Å². The molecule has 0 N–H and O–H groups in total. The van der Waals surface area contributed by atoms with Gasteiger partial charge in [0.2, 0.25) is 0 Å². The lowest BCUT2D eigenvalue weighted by Gasteiger charge is -2.47. The fourth-order valence-corrected chi connectivity index (χ4v) is 3.52. The van der Waals surface area contributed by atoms with Crippen LogP contribution in [0.2, 0.25) is 0 Å². The van der Waals surface area contributed by atoms with Gasteiger partial charge in [0.25, 0.3) is 0 Å². The topological polar surface area (TPSA) is 15.7 Å². The molecule has 0 radical (unpaired) electrons. The lowest BCUT2D eigenvalue weighted by molar-refractivity contribution is 0.00973. The van der Waals surface area contributed by atoms with Crippen molar-refractivity contribution in [3.05, 3.63) is 30.3 Å². The molecule has 2 fully saturated rings. The maximum atomic E-state index is 5.84. The van der Waals surface area contributed by atoms with Crippen molar-refractivity contribution in [3.63, 3.8) is 0 Å². The number of piperidine rings is 1. The van der Waals surface area contributed by atoms with Gasteiger partial charge in [-0.3, -0.25) is 9.80 Å². The molecule has 1 aromatic rings. The molecule has 2 atom stereocenters. The molecule has 2 unspecified atom stereocenters. The van der Waals surface area contributed by atoms with Crippen LogP contribution in [-0.4, -0.2) is 54.7 Å². The number of piperazine rings is 1. The first kappa shape index (κ1) is 13.9. The van der Waals surface area contributed by atoms with E-state index in [0.717, 1.165) is 24.9 Å². The molecule has 2 aliphatic rings. The summed E-state index contributed by atoms with van der Waals surface area (Å²) < 4.78 is 5.84. The molecule has 0 bridgehead atoms. The highest BCUT2D eigenvalue weighted by molar-refractivity contribution is 5.20. The van der Waals surface area contributed by atoms with Crippen molar-refractivity contribution in [1.29, 1.82) is 0 Å². The Morgan fingerprint density at radius 2 is 2.00 bits per heavy atom. The first-order valence-electron chi connectivity index (χ1n) is 7.99. The number of ether oxygens (including phenoxy) is 1. The standard InChI is InChI=1S/C17H26N2O/c1-15-13-19-10-6-5-7-16(19)14-18(15)11-12-20-17-8-3-2-4-9-17/h2-4,8-9,15-16H,5-7,10-14H2,1H3. The Bertz CT molecular complexity index is 409. The van der Waals surface area contributed by atoms with Crippen LogP contribution in [0.3, 0.4) is 0 Å². The number of nitrogens with zero attached hydrogens (tertiary/aromatic N) is 2. The van der Waals surface area contributed by atoms with E-state index in [1.807, 2.05) is 30.3 Å². The van der Waals surface area contributed by atoms with Gasteiger partial charge in [0.1, 0.15) is 12.4 Å². The summed E-state index contributed by atoms with van der Waals surface area (Å²) in [6.07, 6.45) is 4.17. The SMILES string of the molecule is CC1CN2CCCCC2CN1CCOc1ccccc1. The molecule has 3 heteroatoms. The lowest BCUT2D eigenvalue weighted by atomic mass is 9.97. The summed E-state index contributed by atoms with van der Waals surface area (Å²) in [7, 11) is 0. The van der Waals surface area contributed by atoms with Crippen molar-refractivity contribution in [2.45, 2.75) is 38.3 Å². The van der Waals surface area contributed by atoms with Crippen molar-refractivity contribution < 1.29 is 4.74 Å². The van der Waals surface area contributed by atoms with Gasteiger partial charge in [0.15, 0.2) is 0 Å². The van der Waals surface area contributed by atoms with Crippen molar-refractivity contribution in [3.8, 4) is 5.75 Å². The Hall–Kier alpha value is -1.06. The van der Waals surface area contributed by atoms with Gasteiger partial charge in [-0.1, -0.05) is 24.6 Å². The molecule has 0 spiro atoms. The summed E-state index contributed by atoms with van der Waals surface area (Å²) in [6.45, 7) is 7.95. The zero-order valence-corrected chi connectivity index (χ0v) is 12.5. The van der Waals surface area contributed by atoms with Crippen molar-refractivity contribution in [2.75, 3.05) is 32.8 Å². The Labute approximate surface area is 122 Å². The molecule has 2 heterocycles. The predicted molar refractivity (Wildman–Crippen MR) is 82.2 cm³/mol. The van der Waals surface area contributed by atoms with E-state index in [1.54, 1.807) is 0 Å². The third-order valence-corrected chi connectivity index (χ3v) is 4.71. The van der Waals surface area contributed by atoms with Crippen LogP contribution < -0.4 is 4.74 Å². The van der Waals surface area contributed by atoms with Gasteiger partial charge in [0.05, 0.1) is 0 Å². The fourth-order valence-electron chi connectivity index (χ4n) is 3.52. The van der Waals surface area contributed by atoms with E-state index in [9.17, 15) is 0 Å². The van der Waals surface area contributed by atoms with Gasteiger partial charge in [-0.2, -0.15) is 0 Å². The normalized spacial score (nSPS) is 28.1. The van der Waals surface area contributed by atoms with E-state index in [-0.39, 0.29) is 0 Å². The van der Waals surface area contributed by atoms with Gasteiger partial charge in [-0.25, -0.2) is 0 Å². The van der Waals surface area contributed by atoms with E-state index in [4.69, 9.17) is 4.74 Å². The molecule has 1 aromatic carbocycles. The van der Waals surface area contributed by atoms with Crippen molar-refractivity contribution >= 4 is 0 Å². The number of benzene rings is 1. The number of para-hydroxylation sites is 1. The summed E-state index contributed by atoms with van der Waals surface area (Å²) in [5.74, 6) is 0.983. The molecule has 110 valence electrons. The van der Waals surface area contributed by atoms with Crippen LogP contribution in [0, 0.1) is 0 Å². The van der Waals surface area contributed by atoms with Crippen LogP contribution in [0.5, 0.6) is 5.75 Å². The molecule has 0 amide bonds. The smallest absolute Gasteiger partial charge is 0.119 e. The number of fused-ring (bicyclic) bond motifs is 1. The molecule has 3 rings (SSSR count). The highest BCUT2D eigenvalue weighted by Crippen LogP contribution is 2.23. The largest absolute Gasteiger partial charge is 0.492 e. The molecular formula is C17H26N2O. The maximum absolute atomic E-state index is 5.84. The molecule has 0 saturated carbocycles. The zero-order valence-electron chi connectivity index (χ0n) is 12.5. The van der Waals surface area contributed by atoms with Gasteiger partial charge >= 0.3 is 0 Å². The van der Waals surface area contributed by atoms with E-state index >= 15 is 0 Å². The Kier molecular flexibility index (Phi) is 4.58. The monoisotopic (exact) mass is 274 g/mol. The fraction of sp³-hybridized carbons (Fsp3) is 0.647. The van der Waals surface area contributed by atoms with Crippen LogP contribution in [0.25, 0.3) is 0 Å². The first-order valence-corrected chi connectivity index (χ1v) is 7.99. The minimum Gasteiger partial charge on any atom is -0.492 e. The van der Waals surface area contributed by atoms with Crippen LogP contribution in [0.4, 0.5) is 0 Å². The van der Waals surface area contributed by atoms with Crippen LogP contribution in [0.1, 0.15) is 26.2 Å². The minimum absolute atomic E-state index is 0.656. The van der Waals surface area contributed by atoms with E-state index in [2.05, 4.69) is 16.7 Å². The highest BCUT2D eigenvalue weighted by atomic mass is 16.5. The van der Waals surface area contributed by atoms with E-state index in [0.29, 0.717) is 6.04 Å². The third kappa shape index (κ3) is 3.33. The number of hydrogen-bond acceptors (Lipinski definition) is 3. The molecule has 0 aromatic heterocycles. The second-order valence-corrected chi connectivity index (χ2v) is 6.15. The maximum Gasteiger partial charge on any atom is 0.119 e. The summed E-state index contributed by atoms with van der Waals surface area (Å²) in [5.41, 5.74) is 0. The zero-order chi connectivity index (χ0) is 13.8. The van der Waals surface area contributed by atoms with Crippen molar-refractivity contribution in [2.24, 2.45) is 0 Å². The molecule has 3 nitrogen and oxygen atoms in total. The Balaban J connectivity index is 1.47. The third-order valence-electron chi connectivity index (χ3n) is 4.71. The first-order chi connectivity index (χ1) is 9.83. The van der Waals surface area contributed by atoms with Gasteiger partial charge in [-0.15, -0.1) is 0 Å². The molecular weight excluding hydrogens is 248 g/mol. The highest BCUT2D eigenvalue weighted by Gasteiger charge is 2.32. The van der Waals surface area contributed by atoms with Gasteiger partial charge in [0, 0.05) is 31.7 Å². The molecule has 2 saturated heterocycles. The average Bonchev–Trinajstić information content (AvgIpc) is 2.49. The lowest BCUT2D eigenvalue weighted by Crippen LogP contribution is -2.59. The van der Waals surface area contributed by atoms with Crippen LogP contribution in [0.15, 0.2) is 30.3 Å². The predicted octanol–water partition coefficient (Wildman–Crippen LogP) is 2.62. The summed E-state index contributed by atoms with van der Waals surface area (Å²) in [6, 6.07) is 11.6. The van der Waals surface area contributed by atoms with Gasteiger partial charge in [-0.05, 0) is 38.4 Å². The molecule has 0 aliphatic carbocycles. The van der Waals surface area contributed by atoms with Crippen LogP contribution in [-0.2, 0) is 0 Å². The molecule has 2 aliphatic heterocycles. The van der Waals surface area contributed by atoms with E-state index < -0.39 is 0 Å². The number of rotatable bonds is 4. The van der Waals surface area contributed by atoms with Crippen LogP contribution >= 0.6 is 0 Å². The summed E-state index contributed by atoms with van der Waals surface area (Å²) in [5, 5.41) is 0. The minimum atomic E-state index is 0.656. The molecule has 20 heavy (non-hydrogen) atoms. The second-order valence-electron chi connectivity index (χ2n) is 6.15.